The summed E-state index contributed by atoms with van der Waals surface area (Å²) in [7, 11) is 0.116. The molecule has 0 amide bonds. The molecule has 0 radical (unpaired) electrons. The molecule has 0 saturated carbocycles. The summed E-state index contributed by atoms with van der Waals surface area (Å²) >= 11 is 0. The van der Waals surface area contributed by atoms with Gasteiger partial charge in [0, 0.05) is 0 Å². The first-order chi connectivity index (χ1) is 5.77. The molecule has 1 atom stereocenters. The molecular weight excluding hydrogens is 171 g/mol. The zero-order valence-corrected chi connectivity index (χ0v) is 7.79. The lowest BCUT2D eigenvalue weighted by Crippen LogP contribution is -1.86. The van der Waals surface area contributed by atoms with Crippen molar-refractivity contribution < 1.29 is 9.67 Å². The van der Waals surface area contributed by atoms with E-state index >= 15 is 0 Å². The summed E-state index contributed by atoms with van der Waals surface area (Å²) in [5, 5.41) is 9.15. The monoisotopic (exact) mass is 182 g/mol. The van der Waals surface area contributed by atoms with Gasteiger partial charge in [0.1, 0.15) is 5.75 Å². The highest BCUT2D eigenvalue weighted by Crippen LogP contribution is 2.31. The van der Waals surface area contributed by atoms with Gasteiger partial charge in [0.15, 0.2) is 8.46 Å². The lowest BCUT2D eigenvalue weighted by Gasteiger charge is -2.05. The molecule has 12 heavy (non-hydrogen) atoms. The lowest BCUT2D eigenvalue weighted by atomic mass is 10.1. The van der Waals surface area contributed by atoms with Crippen LogP contribution in [0.5, 0.6) is 5.75 Å². The van der Waals surface area contributed by atoms with Crippen molar-refractivity contribution in [2.45, 2.75) is 19.0 Å². The first-order valence-corrected chi connectivity index (χ1v) is 4.77. The van der Waals surface area contributed by atoms with Gasteiger partial charge in [-0.1, -0.05) is 19.1 Å². The molecule has 64 valence electrons. The van der Waals surface area contributed by atoms with Gasteiger partial charge in [0.05, 0.1) is 5.66 Å². The van der Waals surface area contributed by atoms with Gasteiger partial charge in [0.2, 0.25) is 0 Å². The molecule has 0 fully saturated rings. The summed E-state index contributed by atoms with van der Waals surface area (Å²) in [4.78, 5) is 0. The molecule has 1 aromatic carbocycles. The average molecular weight is 182 g/mol. The van der Waals surface area contributed by atoms with Gasteiger partial charge in [-0.3, -0.25) is 4.57 Å². The SMILES string of the molecule is CCC(P=O)c1cccc(O)c1. The molecule has 0 spiro atoms. The quantitative estimate of drug-likeness (QED) is 0.729. The van der Waals surface area contributed by atoms with Crippen LogP contribution in [0.25, 0.3) is 0 Å². The Bertz CT molecular complexity index is 273. The van der Waals surface area contributed by atoms with E-state index in [2.05, 4.69) is 0 Å². The fraction of sp³-hybridized carbons (Fsp3) is 0.333. The normalized spacial score (nSPS) is 13.1. The molecule has 1 N–H and O–H groups in total. The Kier molecular flexibility index (Phi) is 3.24. The third-order valence-electron chi connectivity index (χ3n) is 1.77. The smallest absolute Gasteiger partial charge is 0.163 e. The lowest BCUT2D eigenvalue weighted by molar-refractivity contribution is 0.474. The van der Waals surface area contributed by atoms with E-state index in [-0.39, 0.29) is 19.9 Å². The van der Waals surface area contributed by atoms with E-state index < -0.39 is 0 Å². The summed E-state index contributed by atoms with van der Waals surface area (Å²) in [6.07, 6.45) is 0.814. The van der Waals surface area contributed by atoms with E-state index in [1.54, 1.807) is 18.2 Å². The maximum Gasteiger partial charge on any atom is 0.163 e. The molecule has 0 bridgehead atoms. The minimum atomic E-state index is 0.0112. The zero-order valence-electron chi connectivity index (χ0n) is 6.90. The Morgan fingerprint density at radius 3 is 2.83 bits per heavy atom. The minimum absolute atomic E-state index is 0.0112. The predicted molar refractivity (Wildman–Crippen MR) is 48.7 cm³/mol. The minimum Gasteiger partial charge on any atom is -0.508 e. The van der Waals surface area contributed by atoms with E-state index in [9.17, 15) is 4.57 Å². The van der Waals surface area contributed by atoms with Crippen molar-refractivity contribution in [2.75, 3.05) is 0 Å². The molecule has 0 aromatic heterocycles. The van der Waals surface area contributed by atoms with Crippen molar-refractivity contribution in [3.63, 3.8) is 0 Å². The maximum absolute atomic E-state index is 10.7. The summed E-state index contributed by atoms with van der Waals surface area (Å²) in [5.74, 6) is 0.231. The second-order valence-electron chi connectivity index (χ2n) is 2.62. The second kappa shape index (κ2) is 4.22. The first-order valence-electron chi connectivity index (χ1n) is 3.89. The largest absolute Gasteiger partial charge is 0.508 e. The number of hydrogen-bond acceptors (Lipinski definition) is 2. The Labute approximate surface area is 73.4 Å². The second-order valence-corrected chi connectivity index (χ2v) is 3.46. The Morgan fingerprint density at radius 2 is 2.33 bits per heavy atom. The van der Waals surface area contributed by atoms with Gasteiger partial charge in [-0.2, -0.15) is 0 Å². The molecule has 3 heteroatoms. The molecule has 1 rings (SSSR count). The number of rotatable bonds is 3. The molecule has 1 aromatic rings. The van der Waals surface area contributed by atoms with Gasteiger partial charge >= 0.3 is 0 Å². The van der Waals surface area contributed by atoms with Crippen LogP contribution in [0.15, 0.2) is 24.3 Å². The maximum atomic E-state index is 10.7. The van der Waals surface area contributed by atoms with Crippen LogP contribution in [0.4, 0.5) is 0 Å². The molecule has 2 nitrogen and oxygen atoms in total. The van der Waals surface area contributed by atoms with Crippen molar-refractivity contribution in [2.24, 2.45) is 0 Å². The van der Waals surface area contributed by atoms with Crippen LogP contribution < -0.4 is 0 Å². The van der Waals surface area contributed by atoms with Crippen LogP contribution in [0.1, 0.15) is 24.6 Å². The zero-order chi connectivity index (χ0) is 8.97. The average Bonchev–Trinajstić information content (AvgIpc) is 2.07. The highest BCUT2D eigenvalue weighted by Gasteiger charge is 2.08. The topological polar surface area (TPSA) is 37.3 Å². The molecular formula is C9H11O2P. The van der Waals surface area contributed by atoms with Crippen molar-refractivity contribution in [1.82, 2.24) is 0 Å². The molecule has 0 heterocycles. The number of phenolic OH excluding ortho intramolecular Hbond substituents is 1. The predicted octanol–water partition coefficient (Wildman–Crippen LogP) is 3.14. The van der Waals surface area contributed by atoms with E-state index in [1.165, 1.54) is 0 Å². The number of hydrogen-bond donors (Lipinski definition) is 1. The van der Waals surface area contributed by atoms with Crippen LogP contribution >= 0.6 is 8.46 Å². The van der Waals surface area contributed by atoms with Gasteiger partial charge in [-0.05, 0) is 24.1 Å². The van der Waals surface area contributed by atoms with E-state index in [1.807, 2.05) is 13.0 Å². The summed E-state index contributed by atoms with van der Waals surface area (Å²) < 4.78 is 10.7. The molecule has 0 aliphatic rings. The molecule has 0 aliphatic carbocycles. The van der Waals surface area contributed by atoms with Crippen LogP contribution in [0, 0.1) is 0 Å². The van der Waals surface area contributed by atoms with Gasteiger partial charge in [-0.15, -0.1) is 0 Å². The third kappa shape index (κ3) is 2.05. The fourth-order valence-corrected chi connectivity index (χ4v) is 1.53. The van der Waals surface area contributed by atoms with Crippen LogP contribution in [-0.2, 0) is 4.57 Å². The van der Waals surface area contributed by atoms with E-state index in [0.29, 0.717) is 0 Å². The third-order valence-corrected chi connectivity index (χ3v) is 2.69. The Balaban J connectivity index is 2.93. The highest BCUT2D eigenvalue weighted by atomic mass is 31.1. The van der Waals surface area contributed by atoms with Crippen molar-refractivity contribution in [3.8, 4) is 5.75 Å². The van der Waals surface area contributed by atoms with E-state index in [4.69, 9.17) is 5.11 Å². The fourth-order valence-electron chi connectivity index (χ4n) is 1.10. The van der Waals surface area contributed by atoms with E-state index in [0.717, 1.165) is 12.0 Å². The first kappa shape index (κ1) is 9.21. The van der Waals surface area contributed by atoms with Crippen molar-refractivity contribution in [1.29, 1.82) is 0 Å². The molecule has 0 saturated heterocycles. The highest BCUT2D eigenvalue weighted by molar-refractivity contribution is 7.24. The Hall–Kier alpha value is -0.880. The number of aromatic hydroxyl groups is 1. The molecule has 0 aliphatic heterocycles. The number of phenols is 1. The van der Waals surface area contributed by atoms with Gasteiger partial charge < -0.3 is 5.11 Å². The Morgan fingerprint density at radius 1 is 1.58 bits per heavy atom. The summed E-state index contributed by atoms with van der Waals surface area (Å²) in [5.41, 5.74) is 0.936. The molecule has 1 unspecified atom stereocenters. The summed E-state index contributed by atoms with van der Waals surface area (Å²) in [6.45, 7) is 1.97. The van der Waals surface area contributed by atoms with Gasteiger partial charge in [0.25, 0.3) is 0 Å². The van der Waals surface area contributed by atoms with Crippen LogP contribution in [-0.4, -0.2) is 5.11 Å². The summed E-state index contributed by atoms with van der Waals surface area (Å²) in [6, 6.07) is 6.90. The van der Waals surface area contributed by atoms with Crippen LogP contribution in [0.3, 0.4) is 0 Å². The van der Waals surface area contributed by atoms with Crippen molar-refractivity contribution >= 4 is 8.46 Å². The van der Waals surface area contributed by atoms with Crippen molar-refractivity contribution in [3.05, 3.63) is 29.8 Å². The standard InChI is InChI=1S/C9H11O2P/c1-2-9(12-11)7-4-3-5-8(10)6-7/h3-6,9-10H,2H2,1H3. The van der Waals surface area contributed by atoms with Crippen LogP contribution in [0.2, 0.25) is 0 Å². The number of benzene rings is 1. The van der Waals surface area contributed by atoms with Gasteiger partial charge in [-0.25, -0.2) is 0 Å².